The second kappa shape index (κ2) is 6.44. The molecule has 2 fully saturated rings. The van der Waals surface area contributed by atoms with Crippen LogP contribution in [-0.2, 0) is 0 Å². The summed E-state index contributed by atoms with van der Waals surface area (Å²) in [6, 6.07) is 10.9. The highest BCUT2D eigenvalue weighted by Gasteiger charge is 2.38. The fraction of sp³-hybridized carbons (Fsp3) is 0.375. The molecular weight excluding hydrogens is 340 g/mol. The summed E-state index contributed by atoms with van der Waals surface area (Å²) in [6.07, 6.45) is 2.47. The highest BCUT2D eigenvalue weighted by Crippen LogP contribution is 2.38. The molecule has 4 rings (SSSR count). The molecule has 126 valence electrons. The van der Waals surface area contributed by atoms with Gasteiger partial charge in [0.15, 0.2) is 5.82 Å². The smallest absolute Gasteiger partial charge is 0.169 e. The van der Waals surface area contributed by atoms with Gasteiger partial charge in [-0.2, -0.15) is 0 Å². The fourth-order valence-electron chi connectivity index (χ4n) is 3.69. The molecule has 4 unspecified atom stereocenters. The summed E-state index contributed by atoms with van der Waals surface area (Å²) in [5.74, 6) is 1.24. The molecule has 0 saturated carbocycles. The van der Waals surface area contributed by atoms with Gasteiger partial charge in [-0.15, -0.1) is 10.2 Å². The Morgan fingerprint density at radius 2 is 1.83 bits per heavy atom. The van der Waals surface area contributed by atoms with Gasteiger partial charge < -0.3 is 15.2 Å². The van der Waals surface area contributed by atoms with Crippen molar-refractivity contribution in [3.05, 3.63) is 30.3 Å². The third-order valence-corrected chi connectivity index (χ3v) is 6.07. The average Bonchev–Trinajstić information content (AvgIpc) is 2.83. The zero-order valence-corrected chi connectivity index (χ0v) is 15.6. The molecule has 2 saturated heterocycles. The highest BCUT2D eigenvalue weighted by atomic mass is 31.0. The van der Waals surface area contributed by atoms with E-state index < -0.39 is 0 Å². The van der Waals surface area contributed by atoms with Crippen LogP contribution >= 0.6 is 18.9 Å². The lowest BCUT2D eigenvalue weighted by atomic mass is 10.1. The van der Waals surface area contributed by atoms with Crippen LogP contribution in [-0.4, -0.2) is 40.0 Å². The maximum Gasteiger partial charge on any atom is 0.169 e. The lowest BCUT2D eigenvalue weighted by Crippen LogP contribution is -2.49. The lowest BCUT2D eigenvalue weighted by molar-refractivity contribution is 0.313. The topological polar surface area (TPSA) is 67.5 Å². The van der Waals surface area contributed by atoms with Gasteiger partial charge in [-0.1, -0.05) is 21.5 Å². The van der Waals surface area contributed by atoms with Gasteiger partial charge in [-0.05, 0) is 31.0 Å². The summed E-state index contributed by atoms with van der Waals surface area (Å²) in [5, 5.41) is 8.48. The van der Waals surface area contributed by atoms with Gasteiger partial charge in [0, 0.05) is 30.7 Å². The quantitative estimate of drug-likeness (QED) is 0.847. The van der Waals surface area contributed by atoms with Crippen LogP contribution in [0.5, 0.6) is 5.75 Å². The first-order valence-electron chi connectivity index (χ1n) is 8.04. The number of hydrogen-bond donors (Lipinski definition) is 1. The van der Waals surface area contributed by atoms with E-state index in [1.807, 2.05) is 30.3 Å². The number of para-hydroxylation sites is 1. The fourth-order valence-corrected chi connectivity index (χ4v) is 4.38. The summed E-state index contributed by atoms with van der Waals surface area (Å²) >= 11 is 0. The summed E-state index contributed by atoms with van der Waals surface area (Å²) in [7, 11) is 5.17. The molecule has 1 aromatic carbocycles. The molecular formula is C16H21N5OP2. The van der Waals surface area contributed by atoms with Gasteiger partial charge in [0.1, 0.15) is 5.75 Å². The Morgan fingerprint density at radius 3 is 2.54 bits per heavy atom. The third-order valence-electron chi connectivity index (χ3n) is 4.97. The normalized spacial score (nSPS) is 23.5. The van der Waals surface area contributed by atoms with Crippen LogP contribution in [0.1, 0.15) is 12.8 Å². The van der Waals surface area contributed by atoms with Gasteiger partial charge >= 0.3 is 0 Å². The van der Waals surface area contributed by atoms with Gasteiger partial charge in [-0.25, -0.2) is 0 Å². The van der Waals surface area contributed by atoms with Crippen molar-refractivity contribution in [2.24, 2.45) is 0 Å². The Hall–Kier alpha value is -1.48. The van der Waals surface area contributed by atoms with Crippen molar-refractivity contribution in [3.8, 4) is 17.0 Å². The molecule has 2 N–H and O–H groups in total. The van der Waals surface area contributed by atoms with E-state index in [9.17, 15) is 0 Å². The van der Waals surface area contributed by atoms with Crippen LogP contribution in [0.3, 0.4) is 0 Å². The summed E-state index contributed by atoms with van der Waals surface area (Å²) < 4.78 is 7.78. The van der Waals surface area contributed by atoms with Crippen molar-refractivity contribution in [2.45, 2.75) is 24.9 Å². The Morgan fingerprint density at radius 1 is 1.12 bits per heavy atom. The highest BCUT2D eigenvalue weighted by molar-refractivity contribution is 7.13. The van der Waals surface area contributed by atoms with E-state index >= 15 is 0 Å². The minimum absolute atomic E-state index is 0.486. The van der Waals surface area contributed by atoms with Gasteiger partial charge in [0.25, 0.3) is 0 Å². The third kappa shape index (κ3) is 2.73. The maximum absolute atomic E-state index is 6.15. The first kappa shape index (κ1) is 16.0. The lowest BCUT2D eigenvalue weighted by Gasteiger charge is -2.40. The molecule has 3 heterocycles. The number of hydrogen-bond acceptors (Lipinski definition) is 6. The van der Waals surface area contributed by atoms with E-state index in [1.54, 1.807) is 0 Å². The van der Waals surface area contributed by atoms with Crippen molar-refractivity contribution in [2.75, 3.05) is 23.7 Å². The van der Waals surface area contributed by atoms with Gasteiger partial charge in [-0.3, -0.25) is 4.67 Å². The second-order valence-electron chi connectivity index (χ2n) is 6.35. The molecule has 0 aliphatic carbocycles. The van der Waals surface area contributed by atoms with Gasteiger partial charge in [0.05, 0.1) is 20.8 Å². The minimum Gasteiger partial charge on any atom is -0.480 e. The zero-order valence-electron chi connectivity index (χ0n) is 13.3. The van der Waals surface area contributed by atoms with Crippen molar-refractivity contribution >= 4 is 30.4 Å². The molecule has 1 aromatic heterocycles. The molecule has 0 radical (unpaired) electrons. The molecule has 6 nitrogen and oxygen atoms in total. The molecule has 2 aliphatic heterocycles. The van der Waals surface area contributed by atoms with Crippen LogP contribution in [0.15, 0.2) is 30.3 Å². The first-order valence-corrected chi connectivity index (χ1v) is 9.03. The number of piperazine rings is 1. The molecule has 0 amide bonds. The summed E-state index contributed by atoms with van der Waals surface area (Å²) in [6.45, 7) is 1.94. The molecule has 8 heteroatoms. The Kier molecular flexibility index (Phi) is 4.29. The molecule has 2 aromatic rings. The van der Waals surface area contributed by atoms with Crippen LogP contribution in [0.2, 0.25) is 0 Å². The largest absolute Gasteiger partial charge is 0.480 e. The summed E-state index contributed by atoms with van der Waals surface area (Å²) in [4.78, 5) is 2.35. The number of rotatable bonds is 3. The maximum atomic E-state index is 6.15. The molecule has 24 heavy (non-hydrogen) atoms. The number of nitrogens with zero attached hydrogens (tertiary/aromatic N) is 4. The van der Waals surface area contributed by atoms with Crippen LogP contribution in [0.4, 0.5) is 11.5 Å². The molecule has 2 bridgehead atoms. The summed E-state index contributed by atoms with van der Waals surface area (Å²) in [5.41, 5.74) is 8.80. The van der Waals surface area contributed by atoms with E-state index in [0.717, 1.165) is 35.8 Å². The number of nitrogens with two attached hydrogens (primary N) is 1. The number of nitrogen functional groups attached to an aromatic ring is 1. The monoisotopic (exact) mass is 361 g/mol. The number of benzene rings is 1. The SMILES string of the molecule is Nc1nnc(-c2ccccc2OP)cc1N1CC2CCC(C1)N2P. The van der Waals surface area contributed by atoms with Crippen LogP contribution in [0, 0.1) is 0 Å². The van der Waals surface area contributed by atoms with E-state index in [1.165, 1.54) is 12.8 Å². The predicted octanol–water partition coefficient (Wildman–Crippen LogP) is 2.34. The minimum atomic E-state index is 0.486. The number of anilines is 2. The number of fused-ring (bicyclic) bond motifs is 2. The zero-order chi connectivity index (χ0) is 16.7. The van der Waals surface area contributed by atoms with Crippen molar-refractivity contribution in [1.29, 1.82) is 0 Å². The van der Waals surface area contributed by atoms with E-state index in [0.29, 0.717) is 17.9 Å². The van der Waals surface area contributed by atoms with Gasteiger partial charge in [0.2, 0.25) is 0 Å². The second-order valence-corrected chi connectivity index (χ2v) is 7.18. The van der Waals surface area contributed by atoms with E-state index in [2.05, 4.69) is 38.6 Å². The van der Waals surface area contributed by atoms with Crippen molar-refractivity contribution < 1.29 is 4.52 Å². The molecule has 2 aliphatic rings. The van der Waals surface area contributed by atoms with E-state index in [4.69, 9.17) is 10.3 Å². The van der Waals surface area contributed by atoms with Crippen LogP contribution in [0.25, 0.3) is 11.3 Å². The number of aromatic nitrogens is 2. The molecule has 4 atom stereocenters. The Balaban J connectivity index is 1.70. The average molecular weight is 361 g/mol. The predicted molar refractivity (Wildman–Crippen MR) is 103 cm³/mol. The van der Waals surface area contributed by atoms with Crippen LogP contribution < -0.4 is 15.2 Å². The van der Waals surface area contributed by atoms with Crippen molar-refractivity contribution in [3.63, 3.8) is 0 Å². The van der Waals surface area contributed by atoms with Crippen molar-refractivity contribution in [1.82, 2.24) is 14.9 Å². The Labute approximate surface area is 146 Å². The van der Waals surface area contributed by atoms with E-state index in [-0.39, 0.29) is 0 Å². The standard InChI is InChI=1S/C16H21N5OP2/c17-16-14(20-8-10-5-6-11(9-20)21(10)23)7-13(18-19-16)12-3-1-2-4-15(12)22-24/h1-4,7,10-11H,5-6,8-9,23-24H2,(H2,17,19). The molecule has 0 spiro atoms. The Bertz CT molecular complexity index is 745. The first-order chi connectivity index (χ1) is 11.7.